The van der Waals surface area contributed by atoms with E-state index in [0.29, 0.717) is 13.0 Å². The van der Waals surface area contributed by atoms with E-state index in [9.17, 15) is 18.0 Å². The molecule has 0 spiro atoms. The summed E-state index contributed by atoms with van der Waals surface area (Å²) < 4.78 is 23.2. The van der Waals surface area contributed by atoms with Crippen molar-refractivity contribution in [3.63, 3.8) is 0 Å². The van der Waals surface area contributed by atoms with Gasteiger partial charge in [-0.05, 0) is 11.8 Å². The molecule has 2 aliphatic heterocycles. The third kappa shape index (κ3) is 3.13. The fourth-order valence-electron chi connectivity index (χ4n) is 2.76. The summed E-state index contributed by atoms with van der Waals surface area (Å²) in [5.41, 5.74) is -0.396. The number of carbonyl (C=O) groups is 2. The van der Waals surface area contributed by atoms with Crippen molar-refractivity contribution in [3.05, 3.63) is 0 Å². The molecule has 0 aliphatic carbocycles. The molecular weight excluding hydrogens is 280 g/mol. The molecule has 6 nitrogen and oxygen atoms in total. The van der Waals surface area contributed by atoms with Crippen LogP contribution in [0.15, 0.2) is 0 Å². The molecule has 0 aromatic heterocycles. The van der Waals surface area contributed by atoms with Crippen molar-refractivity contribution < 1.29 is 18.0 Å². The summed E-state index contributed by atoms with van der Waals surface area (Å²) in [6.45, 7) is 5.98. The summed E-state index contributed by atoms with van der Waals surface area (Å²) >= 11 is 0. The van der Waals surface area contributed by atoms with Crippen molar-refractivity contribution in [2.75, 3.05) is 18.1 Å². The first kappa shape index (κ1) is 15.3. The van der Waals surface area contributed by atoms with Gasteiger partial charge in [0, 0.05) is 19.0 Å². The molecule has 2 atom stereocenters. The maximum absolute atomic E-state index is 12.7. The minimum absolute atomic E-state index is 0.0177. The van der Waals surface area contributed by atoms with Gasteiger partial charge in [0.2, 0.25) is 11.8 Å². The molecule has 7 heteroatoms. The van der Waals surface area contributed by atoms with Crippen LogP contribution in [0.2, 0.25) is 0 Å². The van der Waals surface area contributed by atoms with E-state index >= 15 is 0 Å². The van der Waals surface area contributed by atoms with E-state index in [1.54, 1.807) is 4.90 Å². The van der Waals surface area contributed by atoms with E-state index < -0.39 is 21.3 Å². The van der Waals surface area contributed by atoms with Gasteiger partial charge in [0.15, 0.2) is 9.84 Å². The molecule has 114 valence electrons. The fourth-order valence-corrected chi connectivity index (χ4v) is 4.49. The number of rotatable bonds is 1. The Morgan fingerprint density at radius 1 is 1.25 bits per heavy atom. The third-order valence-electron chi connectivity index (χ3n) is 3.93. The lowest BCUT2D eigenvalue weighted by Crippen LogP contribution is -2.54. The van der Waals surface area contributed by atoms with Gasteiger partial charge >= 0.3 is 0 Å². The van der Waals surface area contributed by atoms with Crippen LogP contribution in [0, 0.1) is 5.41 Å². The van der Waals surface area contributed by atoms with Gasteiger partial charge in [0.1, 0.15) is 6.04 Å². The third-order valence-corrected chi connectivity index (χ3v) is 5.68. The van der Waals surface area contributed by atoms with Crippen LogP contribution in [0.5, 0.6) is 0 Å². The zero-order chi connectivity index (χ0) is 15.1. The number of carbonyl (C=O) groups excluding carboxylic acids is 2. The van der Waals surface area contributed by atoms with Gasteiger partial charge < -0.3 is 10.2 Å². The monoisotopic (exact) mass is 302 g/mol. The average molecular weight is 302 g/mol. The lowest BCUT2D eigenvalue weighted by molar-refractivity contribution is -0.138. The number of amides is 2. The number of hydrogen-bond donors (Lipinski definition) is 1. The van der Waals surface area contributed by atoms with E-state index in [1.165, 1.54) is 0 Å². The standard InChI is InChI=1S/C13H22N2O4S/c1-13(2,3)11-12(17)15(6-4-10(16)14-11)9-5-7-20(18,19)8-9/h9,11H,4-8H2,1-3H3,(H,14,16). The van der Waals surface area contributed by atoms with E-state index in [4.69, 9.17) is 0 Å². The zero-order valence-electron chi connectivity index (χ0n) is 12.2. The second-order valence-electron chi connectivity index (χ2n) is 6.71. The van der Waals surface area contributed by atoms with Gasteiger partial charge in [0.25, 0.3) is 0 Å². The minimum Gasteiger partial charge on any atom is -0.344 e. The quantitative estimate of drug-likeness (QED) is 0.735. The van der Waals surface area contributed by atoms with Crippen LogP contribution >= 0.6 is 0 Å². The Morgan fingerprint density at radius 3 is 2.40 bits per heavy atom. The van der Waals surface area contributed by atoms with Gasteiger partial charge in [0.05, 0.1) is 11.5 Å². The lowest BCUT2D eigenvalue weighted by Gasteiger charge is -2.34. The summed E-state index contributed by atoms with van der Waals surface area (Å²) in [6, 6.07) is -0.883. The minimum atomic E-state index is -3.05. The number of nitrogens with zero attached hydrogens (tertiary/aromatic N) is 1. The van der Waals surface area contributed by atoms with Crippen molar-refractivity contribution in [1.29, 1.82) is 0 Å². The molecule has 2 fully saturated rings. The molecule has 1 N–H and O–H groups in total. The van der Waals surface area contributed by atoms with Crippen LogP contribution in [0.1, 0.15) is 33.6 Å². The Labute approximate surface area is 119 Å². The van der Waals surface area contributed by atoms with Gasteiger partial charge in [-0.3, -0.25) is 9.59 Å². The maximum atomic E-state index is 12.7. The van der Waals surface area contributed by atoms with E-state index in [-0.39, 0.29) is 35.8 Å². The lowest BCUT2D eigenvalue weighted by atomic mass is 9.85. The van der Waals surface area contributed by atoms with Crippen molar-refractivity contribution in [3.8, 4) is 0 Å². The number of sulfone groups is 1. The topological polar surface area (TPSA) is 83.6 Å². The maximum Gasteiger partial charge on any atom is 0.245 e. The van der Waals surface area contributed by atoms with Gasteiger partial charge in [-0.15, -0.1) is 0 Å². The number of hydrogen-bond acceptors (Lipinski definition) is 4. The molecule has 2 aliphatic rings. The Balaban J connectivity index is 2.25. The molecule has 2 heterocycles. The predicted octanol–water partition coefficient (Wildman–Crippen LogP) is -0.0633. The van der Waals surface area contributed by atoms with Crippen LogP contribution in [-0.4, -0.2) is 55.3 Å². The molecule has 2 saturated heterocycles. The molecular formula is C13H22N2O4S. The molecule has 20 heavy (non-hydrogen) atoms. The van der Waals surface area contributed by atoms with Crippen molar-refractivity contribution in [2.24, 2.45) is 5.41 Å². The van der Waals surface area contributed by atoms with Crippen LogP contribution in [0.25, 0.3) is 0 Å². The van der Waals surface area contributed by atoms with Crippen LogP contribution in [-0.2, 0) is 19.4 Å². The highest BCUT2D eigenvalue weighted by Crippen LogP contribution is 2.26. The smallest absolute Gasteiger partial charge is 0.245 e. The zero-order valence-corrected chi connectivity index (χ0v) is 13.0. The highest BCUT2D eigenvalue weighted by atomic mass is 32.2. The summed E-state index contributed by atoms with van der Waals surface area (Å²) in [5.74, 6) is -0.167. The Hall–Kier alpha value is -1.11. The molecule has 0 aromatic rings. The van der Waals surface area contributed by atoms with Crippen molar-refractivity contribution in [1.82, 2.24) is 10.2 Å². The Morgan fingerprint density at radius 2 is 1.90 bits per heavy atom. The molecule has 2 unspecified atom stereocenters. The normalized spacial score (nSPS) is 31.1. The first-order valence-electron chi connectivity index (χ1n) is 6.90. The largest absolute Gasteiger partial charge is 0.344 e. The van der Waals surface area contributed by atoms with E-state index in [1.807, 2.05) is 20.8 Å². The average Bonchev–Trinajstić information content (AvgIpc) is 2.56. The Bertz CT molecular complexity index is 521. The SMILES string of the molecule is CC(C)(C)C1NC(=O)CCN(C2CCS(=O)(=O)C2)C1=O. The Kier molecular flexibility index (Phi) is 3.83. The molecule has 2 rings (SSSR count). The molecule has 2 amide bonds. The summed E-state index contributed by atoms with van der Waals surface area (Å²) in [7, 11) is -3.05. The van der Waals surface area contributed by atoms with E-state index in [0.717, 1.165) is 0 Å². The molecule has 0 radical (unpaired) electrons. The molecule has 0 aromatic carbocycles. The first-order valence-corrected chi connectivity index (χ1v) is 8.72. The second-order valence-corrected chi connectivity index (χ2v) is 8.93. The predicted molar refractivity (Wildman–Crippen MR) is 74.8 cm³/mol. The van der Waals surface area contributed by atoms with Gasteiger partial charge in [-0.25, -0.2) is 8.42 Å². The van der Waals surface area contributed by atoms with Crippen LogP contribution < -0.4 is 5.32 Å². The summed E-state index contributed by atoms with van der Waals surface area (Å²) in [5, 5.41) is 2.76. The molecule has 0 bridgehead atoms. The van der Waals surface area contributed by atoms with Crippen LogP contribution in [0.4, 0.5) is 0 Å². The van der Waals surface area contributed by atoms with Gasteiger partial charge in [-0.1, -0.05) is 20.8 Å². The first-order chi connectivity index (χ1) is 9.10. The second kappa shape index (κ2) is 5.02. The van der Waals surface area contributed by atoms with Crippen LogP contribution in [0.3, 0.4) is 0 Å². The molecule has 0 saturated carbocycles. The summed E-state index contributed by atoms with van der Waals surface area (Å²) in [6.07, 6.45) is 0.702. The van der Waals surface area contributed by atoms with Crippen molar-refractivity contribution >= 4 is 21.7 Å². The summed E-state index contributed by atoms with van der Waals surface area (Å²) in [4.78, 5) is 26.0. The number of nitrogens with one attached hydrogen (secondary N) is 1. The van der Waals surface area contributed by atoms with E-state index in [2.05, 4.69) is 5.32 Å². The fraction of sp³-hybridized carbons (Fsp3) is 0.846. The highest BCUT2D eigenvalue weighted by Gasteiger charge is 2.42. The highest BCUT2D eigenvalue weighted by molar-refractivity contribution is 7.91. The van der Waals surface area contributed by atoms with Gasteiger partial charge in [-0.2, -0.15) is 0 Å². The van der Waals surface area contributed by atoms with Crippen molar-refractivity contribution in [2.45, 2.75) is 45.7 Å².